The molecule has 0 aliphatic rings. The van der Waals surface area contributed by atoms with Crippen molar-refractivity contribution in [3.63, 3.8) is 0 Å². The molecule has 39 heavy (non-hydrogen) atoms. The topological polar surface area (TPSA) is 138 Å². The van der Waals surface area contributed by atoms with Crippen LogP contribution in [0.15, 0.2) is 75.8 Å². The van der Waals surface area contributed by atoms with E-state index in [-0.39, 0.29) is 44.7 Å². The summed E-state index contributed by atoms with van der Waals surface area (Å²) in [6.45, 7) is 3.87. The first-order chi connectivity index (χ1) is 18.5. The van der Waals surface area contributed by atoms with Crippen LogP contribution in [-0.2, 0) is 16.5 Å². The zero-order valence-corrected chi connectivity index (χ0v) is 23.1. The van der Waals surface area contributed by atoms with E-state index in [1.54, 1.807) is 56.3 Å². The molecule has 0 saturated heterocycles. The lowest BCUT2D eigenvalue weighted by Crippen LogP contribution is -2.13. The monoisotopic (exact) mass is 587 g/mol. The molecule has 4 rings (SSSR count). The Hall–Kier alpha value is -3.70. The largest absolute Gasteiger partial charge is 0.505 e. The van der Waals surface area contributed by atoms with Gasteiger partial charge in [0.15, 0.2) is 5.75 Å². The van der Waals surface area contributed by atoms with Crippen LogP contribution < -0.4 is 10.1 Å². The molecule has 1 amide bonds. The summed E-state index contributed by atoms with van der Waals surface area (Å²) in [7, 11) is -4.68. The van der Waals surface area contributed by atoms with Crippen LogP contribution >= 0.6 is 23.2 Å². The first-order valence-corrected chi connectivity index (χ1v) is 13.9. The molecule has 0 aliphatic carbocycles. The van der Waals surface area contributed by atoms with Gasteiger partial charge in [-0.2, -0.15) is 8.42 Å². The molecule has 0 bridgehead atoms. The van der Waals surface area contributed by atoms with Crippen LogP contribution in [0, 0.1) is 0 Å². The fourth-order valence-corrected chi connectivity index (χ4v) is 5.39. The number of ether oxygens (including phenoxy) is 1. The molecular formula is C27H23Cl2N3O6S. The number of carbonyl (C=O) groups excluding carboxylic acids is 1. The van der Waals surface area contributed by atoms with Crippen molar-refractivity contribution in [3.05, 3.63) is 81.8 Å². The number of hydrogen-bond acceptors (Lipinski definition) is 7. The standard InChI is InChI=1S/C27H23Cl2N3O6S/c1-3-15-12-17(28)14-21(26(15)39(35,36)37)31-32-24-18-9-6-5-8-16(18)13-19(25(24)33)27(34)30-20-10-7-11-22(23(20)29)38-4-2/h5-14,33H,3-4H2,1-2H3,(H,30,34)(H,35,36,37). The SMILES string of the molecule is CCOc1cccc(NC(=O)c2cc3ccccc3c(N=Nc3cc(Cl)cc(CC)c3S(=O)(=O)O)c2O)c1Cl. The summed E-state index contributed by atoms with van der Waals surface area (Å²) in [5, 5.41) is 23.3. The van der Waals surface area contributed by atoms with E-state index in [0.29, 0.717) is 23.1 Å². The molecule has 0 fully saturated rings. The van der Waals surface area contributed by atoms with Crippen LogP contribution in [-0.4, -0.2) is 30.6 Å². The van der Waals surface area contributed by atoms with Gasteiger partial charge in [-0.15, -0.1) is 10.2 Å². The first kappa shape index (κ1) is 28.3. The van der Waals surface area contributed by atoms with Crippen LogP contribution in [0.4, 0.5) is 17.1 Å². The van der Waals surface area contributed by atoms with E-state index < -0.39 is 26.7 Å². The minimum Gasteiger partial charge on any atom is -0.505 e. The molecule has 0 atom stereocenters. The summed E-state index contributed by atoms with van der Waals surface area (Å²) in [5.74, 6) is -0.796. The summed E-state index contributed by atoms with van der Waals surface area (Å²) < 4.78 is 39.6. The summed E-state index contributed by atoms with van der Waals surface area (Å²) in [6.07, 6.45) is 0.245. The van der Waals surface area contributed by atoms with E-state index in [0.717, 1.165) is 0 Å². The van der Waals surface area contributed by atoms with Crippen molar-refractivity contribution in [2.24, 2.45) is 10.2 Å². The highest BCUT2D eigenvalue weighted by Gasteiger charge is 2.23. The number of phenolic OH excluding ortho intramolecular Hbond substituents is 1. The number of rotatable bonds is 8. The molecule has 0 radical (unpaired) electrons. The second kappa shape index (κ2) is 11.6. The van der Waals surface area contributed by atoms with Crippen molar-refractivity contribution < 1.29 is 27.6 Å². The fraction of sp³-hybridized carbons (Fsp3) is 0.148. The summed E-state index contributed by atoms with van der Waals surface area (Å²) >= 11 is 12.5. The van der Waals surface area contributed by atoms with Gasteiger partial charge in [0.05, 0.1) is 17.9 Å². The number of halogens is 2. The molecule has 202 valence electrons. The van der Waals surface area contributed by atoms with Gasteiger partial charge in [-0.3, -0.25) is 9.35 Å². The van der Waals surface area contributed by atoms with Crippen molar-refractivity contribution in [3.8, 4) is 11.5 Å². The van der Waals surface area contributed by atoms with Crippen LogP contribution in [0.2, 0.25) is 10.0 Å². The third-order valence-electron chi connectivity index (χ3n) is 5.76. The maximum atomic E-state index is 13.3. The number of amides is 1. The van der Waals surface area contributed by atoms with Gasteiger partial charge < -0.3 is 15.2 Å². The Balaban J connectivity index is 1.84. The Morgan fingerprint density at radius 2 is 1.77 bits per heavy atom. The van der Waals surface area contributed by atoms with Gasteiger partial charge in [0.2, 0.25) is 0 Å². The Morgan fingerprint density at radius 3 is 2.46 bits per heavy atom. The Bertz CT molecular complexity index is 1720. The van der Waals surface area contributed by atoms with Crippen LogP contribution in [0.5, 0.6) is 11.5 Å². The number of nitrogens with one attached hydrogen (secondary N) is 1. The molecule has 0 aromatic heterocycles. The number of fused-ring (bicyclic) bond motifs is 1. The number of phenols is 1. The highest BCUT2D eigenvalue weighted by Crippen LogP contribution is 2.41. The summed E-state index contributed by atoms with van der Waals surface area (Å²) in [6, 6.07) is 15.9. The molecule has 12 heteroatoms. The minimum atomic E-state index is -4.68. The average molecular weight is 588 g/mol. The van der Waals surface area contributed by atoms with E-state index >= 15 is 0 Å². The van der Waals surface area contributed by atoms with Crippen molar-refractivity contribution in [2.45, 2.75) is 25.2 Å². The molecule has 0 aliphatic heterocycles. The van der Waals surface area contributed by atoms with Gasteiger partial charge in [-0.05, 0) is 54.6 Å². The number of aromatic hydroxyl groups is 1. The predicted octanol–water partition coefficient (Wildman–Crippen LogP) is 7.73. The smallest absolute Gasteiger partial charge is 0.297 e. The number of aryl methyl sites for hydroxylation is 1. The third-order valence-corrected chi connectivity index (χ3v) is 7.35. The number of benzene rings is 4. The molecule has 0 unspecified atom stereocenters. The van der Waals surface area contributed by atoms with Gasteiger partial charge in [-0.1, -0.05) is 60.5 Å². The molecule has 4 aromatic carbocycles. The van der Waals surface area contributed by atoms with Crippen molar-refractivity contribution in [1.82, 2.24) is 0 Å². The van der Waals surface area contributed by atoms with Gasteiger partial charge in [0.25, 0.3) is 16.0 Å². The number of azo groups is 1. The first-order valence-electron chi connectivity index (χ1n) is 11.7. The highest BCUT2D eigenvalue weighted by atomic mass is 35.5. The molecule has 3 N–H and O–H groups in total. The number of anilines is 1. The molecule has 0 heterocycles. The van der Waals surface area contributed by atoms with E-state index in [1.807, 2.05) is 0 Å². The van der Waals surface area contributed by atoms with Gasteiger partial charge in [0, 0.05) is 10.4 Å². The van der Waals surface area contributed by atoms with E-state index in [9.17, 15) is 22.9 Å². The lowest BCUT2D eigenvalue weighted by Gasteiger charge is -2.13. The molecule has 4 aromatic rings. The van der Waals surface area contributed by atoms with Crippen LogP contribution in [0.1, 0.15) is 29.8 Å². The summed E-state index contributed by atoms with van der Waals surface area (Å²) in [4.78, 5) is 12.8. The average Bonchev–Trinajstić information content (AvgIpc) is 2.89. The van der Waals surface area contributed by atoms with E-state index in [1.165, 1.54) is 18.2 Å². The van der Waals surface area contributed by atoms with Crippen molar-refractivity contribution in [1.29, 1.82) is 0 Å². The van der Waals surface area contributed by atoms with Gasteiger partial charge in [0.1, 0.15) is 27.0 Å². The lowest BCUT2D eigenvalue weighted by molar-refractivity contribution is 0.102. The maximum absolute atomic E-state index is 13.3. The highest BCUT2D eigenvalue weighted by molar-refractivity contribution is 7.86. The Kier molecular flexibility index (Phi) is 8.41. The minimum absolute atomic E-state index is 0.0910. The van der Waals surface area contributed by atoms with Gasteiger partial charge in [-0.25, -0.2) is 0 Å². The molecular weight excluding hydrogens is 565 g/mol. The third kappa shape index (κ3) is 5.99. The summed E-state index contributed by atoms with van der Waals surface area (Å²) in [5.41, 5.74) is 0.0711. The Labute approximate surface area is 234 Å². The lowest BCUT2D eigenvalue weighted by atomic mass is 10.0. The zero-order chi connectivity index (χ0) is 28.3. The molecule has 0 spiro atoms. The quantitative estimate of drug-likeness (QED) is 0.142. The van der Waals surface area contributed by atoms with Crippen LogP contribution in [0.3, 0.4) is 0 Å². The number of carbonyl (C=O) groups is 1. The van der Waals surface area contributed by atoms with Crippen molar-refractivity contribution >= 4 is 67.1 Å². The van der Waals surface area contributed by atoms with E-state index in [2.05, 4.69) is 15.5 Å². The van der Waals surface area contributed by atoms with Gasteiger partial charge >= 0.3 is 0 Å². The molecule has 0 saturated carbocycles. The number of hydrogen-bond donors (Lipinski definition) is 3. The normalized spacial score (nSPS) is 11.7. The predicted molar refractivity (Wildman–Crippen MR) is 151 cm³/mol. The fourth-order valence-electron chi connectivity index (χ4n) is 4.03. The zero-order valence-electron chi connectivity index (χ0n) is 20.8. The second-order valence-corrected chi connectivity index (χ2v) is 10.5. The second-order valence-electron chi connectivity index (χ2n) is 8.29. The van der Waals surface area contributed by atoms with Crippen LogP contribution in [0.25, 0.3) is 10.8 Å². The molecule has 9 nitrogen and oxygen atoms in total. The van der Waals surface area contributed by atoms with E-state index in [4.69, 9.17) is 27.9 Å². The van der Waals surface area contributed by atoms with Crippen molar-refractivity contribution in [2.75, 3.05) is 11.9 Å². The Morgan fingerprint density at radius 1 is 1.03 bits per heavy atom. The number of nitrogens with zero attached hydrogens (tertiary/aromatic N) is 2. The maximum Gasteiger partial charge on any atom is 0.297 e.